The summed E-state index contributed by atoms with van der Waals surface area (Å²) in [6.07, 6.45) is 1.54. The van der Waals surface area contributed by atoms with Gasteiger partial charge in [0, 0.05) is 0 Å². The highest BCUT2D eigenvalue weighted by atomic mass is 79.9. The van der Waals surface area contributed by atoms with Gasteiger partial charge in [0.2, 0.25) is 0 Å². The molecule has 1 aliphatic heterocycles. The van der Waals surface area contributed by atoms with Crippen LogP contribution in [0.5, 0.6) is 5.75 Å². The number of halogens is 1. The Morgan fingerprint density at radius 1 is 1.11 bits per heavy atom. The molecule has 5 nitrogen and oxygen atoms in total. The zero-order valence-electron chi connectivity index (χ0n) is 15.0. The third-order valence-electron chi connectivity index (χ3n) is 4.34. The van der Waals surface area contributed by atoms with Gasteiger partial charge in [0.1, 0.15) is 11.3 Å². The van der Waals surface area contributed by atoms with E-state index in [-0.39, 0.29) is 10.7 Å². The predicted octanol–water partition coefficient (Wildman–Crippen LogP) is 3.91. The quantitative estimate of drug-likeness (QED) is 0.442. The van der Waals surface area contributed by atoms with Crippen LogP contribution >= 0.6 is 28.1 Å². The number of nitrogens with zero attached hydrogens (tertiary/aromatic N) is 1. The maximum absolute atomic E-state index is 13.0. The first-order chi connectivity index (χ1) is 12.8. The number of methoxy groups -OCH3 is 1. The van der Waals surface area contributed by atoms with Crippen molar-refractivity contribution in [2.24, 2.45) is 0 Å². The number of nitrogens with one attached hydrogen (secondary N) is 1. The fraction of sp³-hybridized carbons (Fsp3) is 0.150. The number of hydrogen-bond donors (Lipinski definition) is 1. The lowest BCUT2D eigenvalue weighted by atomic mass is 10.1. The molecule has 1 aliphatic rings. The van der Waals surface area contributed by atoms with Gasteiger partial charge in [-0.3, -0.25) is 19.8 Å². The Bertz CT molecular complexity index is 1000. The van der Waals surface area contributed by atoms with Crippen molar-refractivity contribution in [2.45, 2.75) is 13.8 Å². The van der Waals surface area contributed by atoms with Crippen LogP contribution in [0.25, 0.3) is 6.08 Å². The molecule has 27 heavy (non-hydrogen) atoms. The zero-order valence-corrected chi connectivity index (χ0v) is 17.4. The summed E-state index contributed by atoms with van der Waals surface area (Å²) >= 11 is 8.64. The van der Waals surface area contributed by atoms with Gasteiger partial charge < -0.3 is 4.74 Å². The van der Waals surface area contributed by atoms with E-state index >= 15 is 0 Å². The maximum atomic E-state index is 13.0. The summed E-state index contributed by atoms with van der Waals surface area (Å²) in [7, 11) is 1.57. The summed E-state index contributed by atoms with van der Waals surface area (Å²) in [5.74, 6) is -0.314. The average molecular weight is 445 g/mol. The Balaban J connectivity index is 2.01. The third kappa shape index (κ3) is 3.79. The molecule has 1 fully saturated rings. The summed E-state index contributed by atoms with van der Waals surface area (Å²) in [5.41, 5.74) is 3.46. The molecular formula is C20H17BrN2O3S. The molecule has 7 heteroatoms. The highest BCUT2D eigenvalue weighted by Gasteiger charge is 2.34. The normalized spacial score (nSPS) is 15.9. The van der Waals surface area contributed by atoms with E-state index in [1.54, 1.807) is 25.3 Å². The molecule has 0 aromatic heterocycles. The fourth-order valence-electron chi connectivity index (χ4n) is 2.70. The molecule has 0 unspecified atom stereocenters. The van der Waals surface area contributed by atoms with E-state index in [9.17, 15) is 9.59 Å². The molecule has 2 aromatic rings. The first kappa shape index (κ1) is 19.3. The van der Waals surface area contributed by atoms with Crippen molar-refractivity contribution in [1.82, 2.24) is 5.32 Å². The second kappa shape index (κ2) is 7.62. The van der Waals surface area contributed by atoms with Gasteiger partial charge in [0.15, 0.2) is 5.11 Å². The molecule has 1 heterocycles. The Morgan fingerprint density at radius 3 is 2.48 bits per heavy atom. The summed E-state index contributed by atoms with van der Waals surface area (Å²) in [4.78, 5) is 26.7. The molecule has 3 rings (SSSR count). The Labute approximate surface area is 171 Å². The van der Waals surface area contributed by atoms with Crippen molar-refractivity contribution in [1.29, 1.82) is 0 Å². The first-order valence-corrected chi connectivity index (χ1v) is 9.34. The lowest BCUT2D eigenvalue weighted by Crippen LogP contribution is -2.54. The van der Waals surface area contributed by atoms with E-state index in [0.29, 0.717) is 17.0 Å². The van der Waals surface area contributed by atoms with Crippen LogP contribution < -0.4 is 15.0 Å². The van der Waals surface area contributed by atoms with Crippen LogP contribution in [0.15, 0.2) is 46.4 Å². The van der Waals surface area contributed by atoms with Crippen LogP contribution in [0.3, 0.4) is 0 Å². The second-order valence-electron chi connectivity index (χ2n) is 6.12. The molecule has 2 amide bonds. The number of benzene rings is 2. The Kier molecular flexibility index (Phi) is 5.43. The lowest BCUT2D eigenvalue weighted by molar-refractivity contribution is -0.122. The maximum Gasteiger partial charge on any atom is 0.270 e. The zero-order chi connectivity index (χ0) is 19.7. The number of aryl methyl sites for hydroxylation is 2. The van der Waals surface area contributed by atoms with Gasteiger partial charge in [-0.15, -0.1) is 0 Å². The van der Waals surface area contributed by atoms with E-state index < -0.39 is 11.8 Å². The van der Waals surface area contributed by atoms with Crippen LogP contribution in [0, 0.1) is 13.8 Å². The van der Waals surface area contributed by atoms with Crippen molar-refractivity contribution in [3.63, 3.8) is 0 Å². The second-order valence-corrected chi connectivity index (χ2v) is 7.36. The van der Waals surface area contributed by atoms with Crippen molar-refractivity contribution >= 4 is 56.8 Å². The molecule has 0 atom stereocenters. The summed E-state index contributed by atoms with van der Waals surface area (Å²) < 4.78 is 5.93. The number of rotatable bonds is 3. The number of amides is 2. The lowest BCUT2D eigenvalue weighted by Gasteiger charge is -2.29. The number of carbonyl (C=O) groups excluding carboxylic acids is 2. The molecule has 0 saturated carbocycles. The Morgan fingerprint density at radius 2 is 1.85 bits per heavy atom. The summed E-state index contributed by atoms with van der Waals surface area (Å²) in [6, 6.07) is 10.9. The van der Waals surface area contributed by atoms with Crippen molar-refractivity contribution in [3.8, 4) is 5.75 Å². The van der Waals surface area contributed by atoms with Crippen molar-refractivity contribution < 1.29 is 14.3 Å². The first-order valence-electron chi connectivity index (χ1n) is 8.14. The molecule has 0 spiro atoms. The summed E-state index contributed by atoms with van der Waals surface area (Å²) in [6.45, 7) is 3.95. The number of ether oxygens (including phenoxy) is 1. The minimum Gasteiger partial charge on any atom is -0.496 e. The van der Waals surface area contributed by atoms with Crippen LogP contribution in [0.2, 0.25) is 0 Å². The van der Waals surface area contributed by atoms with Crippen LogP contribution in [-0.4, -0.2) is 24.0 Å². The number of thiocarbonyl (C=S) groups is 1. The highest BCUT2D eigenvalue weighted by molar-refractivity contribution is 9.10. The van der Waals surface area contributed by atoms with Crippen molar-refractivity contribution in [2.75, 3.05) is 12.0 Å². The molecular weight excluding hydrogens is 428 g/mol. The van der Waals surface area contributed by atoms with E-state index in [0.717, 1.165) is 15.6 Å². The smallest absolute Gasteiger partial charge is 0.270 e. The summed E-state index contributed by atoms with van der Waals surface area (Å²) in [5, 5.41) is 2.66. The van der Waals surface area contributed by atoms with E-state index in [1.807, 2.05) is 32.0 Å². The van der Waals surface area contributed by atoms with Crippen LogP contribution in [0.4, 0.5) is 5.69 Å². The molecule has 1 N–H and O–H groups in total. The van der Waals surface area contributed by atoms with Gasteiger partial charge in [-0.05, 0) is 89.0 Å². The van der Waals surface area contributed by atoms with Crippen molar-refractivity contribution in [3.05, 3.63) is 63.1 Å². The van der Waals surface area contributed by atoms with Gasteiger partial charge in [-0.2, -0.15) is 0 Å². The predicted molar refractivity (Wildman–Crippen MR) is 113 cm³/mol. The molecule has 2 aromatic carbocycles. The molecule has 0 radical (unpaired) electrons. The molecule has 0 bridgehead atoms. The van der Waals surface area contributed by atoms with E-state index in [2.05, 4.69) is 21.2 Å². The SMILES string of the molecule is COc1ccc(C=C2C(=O)NC(=S)N(c3ccc(C)c(C)c3)C2=O)cc1Br. The standard InChI is InChI=1S/C20H17BrN2O3S/c1-11-4-6-14(8-12(11)2)23-19(25)15(18(24)22-20(23)27)9-13-5-7-17(26-3)16(21)10-13/h4-10H,1-3H3,(H,22,24,27). The number of carbonyl (C=O) groups is 2. The monoisotopic (exact) mass is 444 g/mol. The fourth-order valence-corrected chi connectivity index (χ4v) is 3.54. The van der Waals surface area contributed by atoms with Gasteiger partial charge in [0.25, 0.3) is 11.8 Å². The van der Waals surface area contributed by atoms with E-state index in [1.165, 1.54) is 11.0 Å². The van der Waals surface area contributed by atoms with Gasteiger partial charge in [-0.1, -0.05) is 12.1 Å². The Hall–Kier alpha value is -2.51. The van der Waals surface area contributed by atoms with Gasteiger partial charge in [-0.25, -0.2) is 0 Å². The number of hydrogen-bond acceptors (Lipinski definition) is 4. The highest BCUT2D eigenvalue weighted by Crippen LogP contribution is 2.28. The molecule has 1 saturated heterocycles. The topological polar surface area (TPSA) is 58.6 Å². The minimum absolute atomic E-state index is 0.0129. The minimum atomic E-state index is -0.517. The molecule has 0 aliphatic carbocycles. The molecule has 138 valence electrons. The van der Waals surface area contributed by atoms with Gasteiger partial charge in [0.05, 0.1) is 17.3 Å². The number of anilines is 1. The van der Waals surface area contributed by atoms with Crippen LogP contribution in [0.1, 0.15) is 16.7 Å². The van der Waals surface area contributed by atoms with E-state index in [4.69, 9.17) is 17.0 Å². The van der Waals surface area contributed by atoms with Gasteiger partial charge >= 0.3 is 0 Å². The third-order valence-corrected chi connectivity index (χ3v) is 5.24. The average Bonchev–Trinajstić information content (AvgIpc) is 2.61. The van der Waals surface area contributed by atoms with Crippen LogP contribution in [-0.2, 0) is 9.59 Å². The largest absolute Gasteiger partial charge is 0.496 e.